The van der Waals surface area contributed by atoms with Gasteiger partial charge >= 0.3 is 12.1 Å². The number of carbonyl (C=O) groups excluding carboxylic acids is 2. The number of nitrogens with zero attached hydrogens (tertiary/aromatic N) is 3. The molecule has 4 atom stereocenters. The van der Waals surface area contributed by atoms with E-state index < -0.39 is 51.3 Å². The molecule has 0 bridgehead atoms. The van der Waals surface area contributed by atoms with Crippen molar-refractivity contribution in [1.29, 1.82) is 0 Å². The van der Waals surface area contributed by atoms with Crippen LogP contribution in [-0.4, -0.2) is 82.1 Å². The van der Waals surface area contributed by atoms with Crippen LogP contribution in [0.5, 0.6) is 0 Å². The summed E-state index contributed by atoms with van der Waals surface area (Å²) in [6, 6.07) is 0. The van der Waals surface area contributed by atoms with Gasteiger partial charge in [-0.15, -0.1) is 11.3 Å². The van der Waals surface area contributed by atoms with Gasteiger partial charge in [0.15, 0.2) is 14.9 Å². The van der Waals surface area contributed by atoms with Gasteiger partial charge in [-0.1, -0.05) is 52.4 Å². The van der Waals surface area contributed by atoms with Gasteiger partial charge in [0.2, 0.25) is 5.91 Å². The molecule has 0 spiro atoms. The summed E-state index contributed by atoms with van der Waals surface area (Å²) in [5.41, 5.74) is -1.37. The summed E-state index contributed by atoms with van der Waals surface area (Å²) in [6.07, 6.45) is 9.21. The highest BCUT2D eigenvalue weighted by molar-refractivity contribution is 7.91. The Kier molecular flexibility index (Phi) is 9.14. The quantitative estimate of drug-likeness (QED) is 0.183. The first-order valence-electron chi connectivity index (χ1n) is 13.8. The molecule has 2 aromatic rings. The van der Waals surface area contributed by atoms with Gasteiger partial charge in [-0.2, -0.15) is 0 Å². The first-order chi connectivity index (χ1) is 19.4. The number of carboxylic acid groups (broad SMARTS) is 1. The van der Waals surface area contributed by atoms with E-state index >= 15 is 0 Å². The van der Waals surface area contributed by atoms with E-state index in [0.29, 0.717) is 16.1 Å². The van der Waals surface area contributed by atoms with Crippen molar-refractivity contribution in [2.75, 3.05) is 19.5 Å². The molecule has 0 radical (unpaired) electrons. The lowest BCUT2D eigenvalue weighted by Crippen LogP contribution is -2.75. The van der Waals surface area contributed by atoms with Gasteiger partial charge in [0.1, 0.15) is 29.0 Å². The zero-order valence-corrected chi connectivity index (χ0v) is 25.3. The van der Waals surface area contributed by atoms with Gasteiger partial charge in [-0.05, 0) is 13.3 Å². The topological polar surface area (TPSA) is 165 Å². The van der Waals surface area contributed by atoms with Crippen molar-refractivity contribution in [2.24, 2.45) is 11.8 Å². The van der Waals surface area contributed by atoms with E-state index in [0.717, 1.165) is 41.8 Å². The number of aliphatic hydroxyl groups is 1. The summed E-state index contributed by atoms with van der Waals surface area (Å²) < 4.78 is 36.6. The van der Waals surface area contributed by atoms with E-state index in [1.54, 1.807) is 13.1 Å². The van der Waals surface area contributed by atoms with Crippen LogP contribution in [0.1, 0.15) is 70.6 Å². The lowest BCUT2D eigenvalue weighted by molar-refractivity contribution is -0.187. The average Bonchev–Trinajstić information content (AvgIpc) is 3.52. The molecule has 2 aliphatic rings. The number of unbranched alkanes of at least 4 members (excludes halogenated alkanes) is 6. The van der Waals surface area contributed by atoms with Crippen LogP contribution >= 0.6 is 11.3 Å². The fraction of sp³-hybridized carbons (Fsp3) is 0.630. The zero-order valence-electron chi connectivity index (χ0n) is 23.7. The first kappa shape index (κ1) is 31.0. The van der Waals surface area contributed by atoms with Crippen molar-refractivity contribution in [1.82, 2.24) is 14.3 Å². The van der Waals surface area contributed by atoms with Crippen LogP contribution in [0.3, 0.4) is 0 Å². The lowest BCUT2D eigenvalue weighted by Gasteiger charge is -2.56. The van der Waals surface area contributed by atoms with E-state index in [-0.39, 0.29) is 29.5 Å². The Bertz CT molecular complexity index is 1460. The van der Waals surface area contributed by atoms with Crippen molar-refractivity contribution < 1.29 is 42.5 Å². The minimum Gasteiger partial charge on any atom is -0.477 e. The molecular weight excluding hydrogens is 574 g/mol. The third kappa shape index (κ3) is 5.61. The van der Waals surface area contributed by atoms with Crippen LogP contribution in [0.15, 0.2) is 23.2 Å². The summed E-state index contributed by atoms with van der Waals surface area (Å²) in [5, 5.41) is 20.6. The number of aliphatic hydroxyl groups excluding tert-OH is 1. The summed E-state index contributed by atoms with van der Waals surface area (Å²) in [5.74, 6) is -3.69. The fourth-order valence-corrected chi connectivity index (χ4v) is 8.36. The molecule has 14 heteroatoms. The van der Waals surface area contributed by atoms with Crippen LogP contribution in [-0.2, 0) is 28.9 Å². The zero-order chi connectivity index (χ0) is 30.1. The van der Waals surface area contributed by atoms with E-state index in [1.807, 2.05) is 0 Å². The molecule has 1 saturated heterocycles. The number of aliphatic carboxylic acids is 1. The van der Waals surface area contributed by atoms with Crippen LogP contribution in [0.2, 0.25) is 0 Å². The molecule has 1 fully saturated rings. The highest BCUT2D eigenvalue weighted by Gasteiger charge is 2.71. The molecule has 2 aromatic heterocycles. The first-order valence-corrected chi connectivity index (χ1v) is 16.5. The summed E-state index contributed by atoms with van der Waals surface area (Å²) in [6.45, 7) is 5.10. The van der Waals surface area contributed by atoms with Crippen molar-refractivity contribution in [3.8, 4) is 0 Å². The third-order valence-corrected chi connectivity index (χ3v) is 10.2. The van der Waals surface area contributed by atoms with Crippen molar-refractivity contribution in [3.05, 3.63) is 23.1 Å². The average molecular weight is 612 g/mol. The number of rotatable bonds is 14. The second-order valence-electron chi connectivity index (χ2n) is 10.8. The molecule has 4 heterocycles. The van der Waals surface area contributed by atoms with Crippen molar-refractivity contribution in [2.45, 2.75) is 82.4 Å². The second-order valence-corrected chi connectivity index (χ2v) is 13.8. The fourth-order valence-electron chi connectivity index (χ4n) is 6.02. The van der Waals surface area contributed by atoms with Gasteiger partial charge in [0, 0.05) is 23.9 Å². The maximum Gasteiger partial charge on any atom is 0.508 e. The van der Waals surface area contributed by atoms with E-state index in [1.165, 1.54) is 36.9 Å². The molecular formula is C27H37N3O9S2. The number of fused-ring (bicyclic) bond motifs is 2. The third-order valence-electron chi connectivity index (χ3n) is 7.97. The second kappa shape index (κ2) is 12.1. The predicted octanol–water partition coefficient (Wildman–Crippen LogP) is 3.73. The molecule has 0 aliphatic carbocycles. The number of ether oxygens (including phenoxy) is 2. The lowest BCUT2D eigenvalue weighted by atomic mass is 9.65. The number of imidazole rings is 1. The summed E-state index contributed by atoms with van der Waals surface area (Å²) in [4.78, 5) is 44.0. The smallest absolute Gasteiger partial charge is 0.477 e. The molecule has 0 aromatic carbocycles. The number of aromatic nitrogens is 2. The van der Waals surface area contributed by atoms with E-state index in [9.17, 15) is 33.0 Å². The molecule has 1 amide bonds. The Morgan fingerprint density at radius 1 is 1.17 bits per heavy atom. The van der Waals surface area contributed by atoms with E-state index in [2.05, 4.69) is 11.9 Å². The molecule has 4 rings (SSSR count). The number of hydrogen-bond acceptors (Lipinski definition) is 10. The Labute approximate surface area is 242 Å². The molecule has 41 heavy (non-hydrogen) atoms. The molecule has 2 aliphatic heterocycles. The van der Waals surface area contributed by atoms with Gasteiger partial charge < -0.3 is 19.7 Å². The number of β-lactam (4-membered cyclic amide) rings is 1. The van der Waals surface area contributed by atoms with Gasteiger partial charge in [-0.25, -0.2) is 23.0 Å². The van der Waals surface area contributed by atoms with Crippen molar-refractivity contribution >= 4 is 49.6 Å². The normalized spacial score (nSPS) is 23.0. The van der Waals surface area contributed by atoms with Crippen LogP contribution in [0.4, 0.5) is 4.79 Å². The summed E-state index contributed by atoms with van der Waals surface area (Å²) in [7, 11) is -3.65. The molecule has 0 unspecified atom stereocenters. The van der Waals surface area contributed by atoms with Crippen molar-refractivity contribution in [3.63, 3.8) is 0 Å². The van der Waals surface area contributed by atoms with Gasteiger partial charge in [0.25, 0.3) is 0 Å². The minimum atomic E-state index is -3.65. The molecule has 2 N–H and O–H groups in total. The number of carboxylic acids is 1. The van der Waals surface area contributed by atoms with Crippen LogP contribution < -0.4 is 0 Å². The molecule has 226 valence electrons. The van der Waals surface area contributed by atoms with Crippen LogP contribution in [0, 0.1) is 11.8 Å². The van der Waals surface area contributed by atoms with E-state index in [4.69, 9.17) is 9.47 Å². The minimum absolute atomic E-state index is 0.139. The monoisotopic (exact) mass is 611 g/mol. The largest absolute Gasteiger partial charge is 0.508 e. The number of amides is 1. The maximum absolute atomic E-state index is 13.2. The highest BCUT2D eigenvalue weighted by atomic mass is 32.2. The van der Waals surface area contributed by atoms with Crippen LogP contribution in [0.25, 0.3) is 10.4 Å². The Hall–Kier alpha value is -2.97. The van der Waals surface area contributed by atoms with Gasteiger partial charge in [0.05, 0.1) is 23.5 Å². The molecule has 12 nitrogen and oxygen atoms in total. The predicted molar refractivity (Wildman–Crippen MR) is 150 cm³/mol. The van der Waals surface area contributed by atoms with Gasteiger partial charge in [-0.3, -0.25) is 14.1 Å². The maximum atomic E-state index is 13.2. The standard InChI is InChI=1S/C27H37N3O9S2/c1-5-6-7-8-9-10-11-12-38-26(35)39-14-27-16(2)19(21(25(33)34)30(27)23(32)20(27)17(3)31)18-13-29-15-28-22(24(29)40-18)41(4,36)37/h13,15-17,20,31H,5-12,14H2,1-4H3,(H,33,34)/t16-,17+,20-,27+/m0/s1. The molecule has 0 saturated carbocycles. The highest BCUT2D eigenvalue weighted by Crippen LogP contribution is 2.59. The number of carbonyl (C=O) groups is 3. The number of thiazole rings is 1. The Morgan fingerprint density at radius 2 is 1.83 bits per heavy atom. The SMILES string of the molecule is CCCCCCCCCOC(=O)OC[C@@]12[C@@H]([C@@H](C)O)C(=O)N1C(C(=O)O)=C(c1cn3cnc(S(C)(=O)=O)c3s1)[C@@H]2C. The number of hydrogen-bond donors (Lipinski definition) is 2. The number of sulfone groups is 1. The summed E-state index contributed by atoms with van der Waals surface area (Å²) >= 11 is 1.03. The Balaban J connectivity index is 1.55. The Morgan fingerprint density at radius 3 is 2.44 bits per heavy atom.